The highest BCUT2D eigenvalue weighted by molar-refractivity contribution is 5.86. The van der Waals surface area contributed by atoms with Gasteiger partial charge in [-0.25, -0.2) is 0 Å². The fourth-order valence-corrected chi connectivity index (χ4v) is 12.8. The topological polar surface area (TPSA) is 92.7 Å². The lowest BCUT2D eigenvalue weighted by molar-refractivity contribution is -0.250. The minimum absolute atomic E-state index is 0.00148. The third kappa shape index (κ3) is 4.89. The number of esters is 1. The summed E-state index contributed by atoms with van der Waals surface area (Å²) >= 11 is 0. The molecule has 6 nitrogen and oxygen atoms in total. The standard InChI is InChI=1S/C37H61NO5/c1-9-10-11-30(41)43-28-16-17-34(6)26(33(28,4)5)15-18-36(8)27(34)13-12-25-31-24(23(2)3)14-19-37(31,21-20-35(25,36)7)32(42)38-22-29(39)40/h23-28,31H,9-22H2,1-8H3,(H,38,42)(H,39,40)/t24-,25?,26?,27?,28+,31?,34-,35+,36+,37-/m0/s1. The van der Waals surface area contributed by atoms with Crippen molar-refractivity contribution in [1.29, 1.82) is 0 Å². The number of carbonyl (C=O) groups excluding carboxylic acids is 2. The molecule has 244 valence electrons. The third-order valence-electron chi connectivity index (χ3n) is 15.1. The first-order chi connectivity index (χ1) is 20.1. The summed E-state index contributed by atoms with van der Waals surface area (Å²) in [7, 11) is 0. The summed E-state index contributed by atoms with van der Waals surface area (Å²) in [5.74, 6) is 1.97. The van der Waals surface area contributed by atoms with Gasteiger partial charge in [0.25, 0.3) is 0 Å². The zero-order valence-electron chi connectivity index (χ0n) is 28.5. The molecule has 0 bridgehead atoms. The fourth-order valence-electron chi connectivity index (χ4n) is 12.8. The first kappa shape index (κ1) is 32.8. The lowest BCUT2D eigenvalue weighted by Gasteiger charge is -2.73. The molecule has 0 aromatic carbocycles. The minimum Gasteiger partial charge on any atom is -0.480 e. The van der Waals surface area contributed by atoms with E-state index in [-0.39, 0.29) is 46.2 Å². The number of carboxylic acids is 1. The average molecular weight is 600 g/mol. The maximum Gasteiger partial charge on any atom is 0.322 e. The van der Waals surface area contributed by atoms with Gasteiger partial charge in [-0.1, -0.05) is 61.8 Å². The Morgan fingerprint density at radius 3 is 2.23 bits per heavy atom. The van der Waals surface area contributed by atoms with Crippen LogP contribution in [0.2, 0.25) is 0 Å². The lowest BCUT2D eigenvalue weighted by Crippen LogP contribution is -2.67. The summed E-state index contributed by atoms with van der Waals surface area (Å²) in [6.07, 6.45) is 13.1. The molecule has 43 heavy (non-hydrogen) atoms. The molecule has 0 radical (unpaired) electrons. The second-order valence-corrected chi connectivity index (χ2v) is 17.3. The largest absolute Gasteiger partial charge is 0.480 e. The highest BCUT2D eigenvalue weighted by Crippen LogP contribution is 2.77. The van der Waals surface area contributed by atoms with Gasteiger partial charge < -0.3 is 15.2 Å². The molecule has 0 saturated heterocycles. The Labute approximate surface area is 261 Å². The minimum atomic E-state index is -0.966. The normalized spacial score (nSPS) is 44.9. The van der Waals surface area contributed by atoms with Crippen LogP contribution in [-0.2, 0) is 19.1 Å². The molecule has 0 aliphatic heterocycles. The van der Waals surface area contributed by atoms with Gasteiger partial charge in [0.05, 0.1) is 5.41 Å². The van der Waals surface area contributed by atoms with E-state index in [0.29, 0.717) is 41.9 Å². The number of carbonyl (C=O) groups is 3. The van der Waals surface area contributed by atoms with Crippen molar-refractivity contribution in [3.63, 3.8) is 0 Å². The highest BCUT2D eigenvalue weighted by Gasteiger charge is 2.72. The van der Waals surface area contributed by atoms with E-state index >= 15 is 0 Å². The third-order valence-corrected chi connectivity index (χ3v) is 15.1. The van der Waals surface area contributed by atoms with Crippen LogP contribution in [0.25, 0.3) is 0 Å². The van der Waals surface area contributed by atoms with Crippen molar-refractivity contribution in [2.75, 3.05) is 6.54 Å². The molecular weight excluding hydrogens is 538 g/mol. The molecule has 6 heteroatoms. The summed E-state index contributed by atoms with van der Waals surface area (Å²) < 4.78 is 6.21. The summed E-state index contributed by atoms with van der Waals surface area (Å²) in [6, 6.07) is 0. The Morgan fingerprint density at radius 2 is 1.58 bits per heavy atom. The Kier molecular flexibility index (Phi) is 8.64. The molecule has 5 fully saturated rings. The van der Waals surface area contributed by atoms with Crippen molar-refractivity contribution < 1.29 is 24.2 Å². The van der Waals surface area contributed by atoms with Gasteiger partial charge in [-0.2, -0.15) is 0 Å². The van der Waals surface area contributed by atoms with E-state index in [2.05, 4.69) is 60.7 Å². The van der Waals surface area contributed by atoms with Crippen LogP contribution in [0.4, 0.5) is 0 Å². The first-order valence-corrected chi connectivity index (χ1v) is 17.8. The Balaban J connectivity index is 1.44. The van der Waals surface area contributed by atoms with Gasteiger partial charge in [-0.3, -0.25) is 14.4 Å². The molecule has 5 saturated carbocycles. The van der Waals surface area contributed by atoms with E-state index in [1.165, 1.54) is 19.3 Å². The highest BCUT2D eigenvalue weighted by atomic mass is 16.5. The molecule has 5 aliphatic carbocycles. The van der Waals surface area contributed by atoms with Crippen LogP contribution in [0.1, 0.15) is 139 Å². The molecule has 0 aromatic heterocycles. The molecule has 0 aromatic rings. The van der Waals surface area contributed by atoms with Crippen LogP contribution in [0.5, 0.6) is 0 Å². The molecule has 1 amide bonds. The SMILES string of the molecule is CCCCC(=O)O[C@@H]1CC[C@@]2(C)C(CC[C@]3(C)C2CCC2C4[C@H](C(C)C)CC[C@]4(C(=O)NCC(=O)O)CC[C@]23C)C1(C)C. The summed E-state index contributed by atoms with van der Waals surface area (Å²) in [4.78, 5) is 38.0. The van der Waals surface area contributed by atoms with Crippen molar-refractivity contribution in [2.24, 2.45) is 62.6 Å². The van der Waals surface area contributed by atoms with Crippen molar-refractivity contribution in [1.82, 2.24) is 5.32 Å². The van der Waals surface area contributed by atoms with Crippen LogP contribution in [-0.4, -0.2) is 35.6 Å². The Hall–Kier alpha value is -1.59. The fraction of sp³-hybridized carbons (Fsp3) is 0.919. The molecule has 4 unspecified atom stereocenters. The number of rotatable bonds is 8. The van der Waals surface area contributed by atoms with Gasteiger partial charge in [0, 0.05) is 11.8 Å². The predicted molar refractivity (Wildman–Crippen MR) is 169 cm³/mol. The van der Waals surface area contributed by atoms with Gasteiger partial charge in [0.1, 0.15) is 12.6 Å². The van der Waals surface area contributed by atoms with Crippen molar-refractivity contribution in [3.05, 3.63) is 0 Å². The number of aliphatic carboxylic acids is 1. The summed E-state index contributed by atoms with van der Waals surface area (Å²) in [6.45, 7) is 19.0. The smallest absolute Gasteiger partial charge is 0.322 e. The molecular formula is C37H61NO5. The van der Waals surface area contributed by atoms with E-state index < -0.39 is 11.4 Å². The number of ether oxygens (including phenoxy) is 1. The van der Waals surface area contributed by atoms with E-state index in [0.717, 1.165) is 57.8 Å². The van der Waals surface area contributed by atoms with Crippen molar-refractivity contribution >= 4 is 17.8 Å². The molecule has 5 aliphatic rings. The second kappa shape index (κ2) is 11.3. The second-order valence-electron chi connectivity index (χ2n) is 17.3. The van der Waals surface area contributed by atoms with Crippen LogP contribution in [0, 0.1) is 62.6 Å². The maximum atomic E-state index is 13.9. The summed E-state index contributed by atoms with van der Waals surface area (Å²) in [5, 5.41) is 12.2. The molecule has 2 N–H and O–H groups in total. The van der Waals surface area contributed by atoms with Crippen LogP contribution in [0.15, 0.2) is 0 Å². The zero-order valence-corrected chi connectivity index (χ0v) is 28.5. The number of hydrogen-bond donors (Lipinski definition) is 2. The van der Waals surface area contributed by atoms with Gasteiger partial charge in [-0.15, -0.1) is 0 Å². The van der Waals surface area contributed by atoms with Gasteiger partial charge in [0.15, 0.2) is 0 Å². The number of amides is 1. The molecule has 5 rings (SSSR count). The molecule has 10 atom stereocenters. The Bertz CT molecular complexity index is 1100. The monoisotopic (exact) mass is 599 g/mol. The lowest BCUT2D eigenvalue weighted by atomic mass is 9.32. The number of carboxylic acid groups (broad SMARTS) is 1. The van der Waals surface area contributed by atoms with Crippen molar-refractivity contribution in [3.8, 4) is 0 Å². The quantitative estimate of drug-likeness (QED) is 0.276. The van der Waals surface area contributed by atoms with Gasteiger partial charge in [-0.05, 0) is 122 Å². The average Bonchev–Trinajstić information content (AvgIpc) is 3.34. The van der Waals surface area contributed by atoms with E-state index in [9.17, 15) is 19.5 Å². The number of nitrogens with one attached hydrogen (secondary N) is 1. The van der Waals surface area contributed by atoms with E-state index in [1.807, 2.05) is 0 Å². The first-order valence-electron chi connectivity index (χ1n) is 17.8. The van der Waals surface area contributed by atoms with E-state index in [1.54, 1.807) is 0 Å². The number of fused-ring (bicyclic) bond motifs is 7. The molecule has 0 spiro atoms. The van der Waals surface area contributed by atoms with Crippen LogP contribution >= 0.6 is 0 Å². The zero-order chi connectivity index (χ0) is 31.6. The van der Waals surface area contributed by atoms with E-state index in [4.69, 9.17) is 4.74 Å². The number of unbranched alkanes of at least 4 members (excludes halogenated alkanes) is 1. The predicted octanol–water partition coefficient (Wildman–Crippen LogP) is 8.03. The maximum absolute atomic E-state index is 13.9. The Morgan fingerprint density at radius 1 is 0.860 bits per heavy atom. The van der Waals surface area contributed by atoms with Gasteiger partial charge >= 0.3 is 11.9 Å². The molecule has 0 heterocycles. The van der Waals surface area contributed by atoms with Crippen molar-refractivity contribution in [2.45, 2.75) is 145 Å². The summed E-state index contributed by atoms with van der Waals surface area (Å²) in [5.41, 5.74) is 0.0654. The number of hydrogen-bond acceptors (Lipinski definition) is 4. The van der Waals surface area contributed by atoms with Crippen LogP contribution < -0.4 is 5.32 Å². The van der Waals surface area contributed by atoms with Crippen LogP contribution in [0.3, 0.4) is 0 Å². The van der Waals surface area contributed by atoms with Gasteiger partial charge in [0.2, 0.25) is 5.91 Å².